The van der Waals surface area contributed by atoms with Gasteiger partial charge >= 0.3 is 0 Å². The van der Waals surface area contributed by atoms with Gasteiger partial charge < -0.3 is 5.32 Å². The van der Waals surface area contributed by atoms with Crippen LogP contribution in [0.4, 0.5) is 0 Å². The summed E-state index contributed by atoms with van der Waals surface area (Å²) in [4.78, 5) is 6.47. The van der Waals surface area contributed by atoms with Crippen LogP contribution < -0.4 is 5.32 Å². The van der Waals surface area contributed by atoms with Gasteiger partial charge in [-0.25, -0.2) is 4.98 Å². The summed E-state index contributed by atoms with van der Waals surface area (Å²) in [5.74, 6) is 4.46. The summed E-state index contributed by atoms with van der Waals surface area (Å²) in [5, 5.41) is 5.60. The smallest absolute Gasteiger partial charge is 0.107 e. The van der Waals surface area contributed by atoms with Gasteiger partial charge in [-0.05, 0) is 33.1 Å². The maximum absolute atomic E-state index is 5.02. The molecule has 0 aromatic carbocycles. The second kappa shape index (κ2) is 7.71. The molecule has 0 spiro atoms. The number of thioether (sulfide) groups is 2. The fourth-order valence-electron chi connectivity index (χ4n) is 2.20. The minimum Gasteiger partial charge on any atom is -0.307 e. The first-order valence-electron chi connectivity index (χ1n) is 7.78. The molecule has 0 aliphatic carbocycles. The minimum absolute atomic E-state index is 0.161. The topological polar surface area (TPSA) is 24.9 Å². The van der Waals surface area contributed by atoms with E-state index in [0.29, 0.717) is 11.2 Å². The van der Waals surface area contributed by atoms with Crippen molar-refractivity contribution in [2.75, 3.05) is 17.3 Å². The second-order valence-corrected chi connectivity index (χ2v) is 10.6. The molecule has 1 fully saturated rings. The van der Waals surface area contributed by atoms with Gasteiger partial charge in [0.2, 0.25) is 0 Å². The molecular weight excluding hydrogens is 316 g/mol. The normalized spacial score (nSPS) is 20.2. The molecule has 2 heterocycles. The van der Waals surface area contributed by atoms with Crippen LogP contribution >= 0.6 is 34.9 Å². The monoisotopic (exact) mass is 344 g/mol. The molecule has 1 aliphatic rings. The fraction of sp³-hybridized carbons (Fsp3) is 0.812. The Morgan fingerprint density at radius 3 is 2.62 bits per heavy atom. The summed E-state index contributed by atoms with van der Waals surface area (Å²) in [6.45, 7) is 12.2. The van der Waals surface area contributed by atoms with Crippen LogP contribution in [-0.2, 0) is 13.0 Å². The van der Waals surface area contributed by atoms with Crippen molar-refractivity contribution in [1.82, 2.24) is 10.3 Å². The number of nitrogens with one attached hydrogen (secondary N) is 1. The van der Waals surface area contributed by atoms with Crippen LogP contribution in [0.15, 0.2) is 0 Å². The average molecular weight is 345 g/mol. The van der Waals surface area contributed by atoms with Gasteiger partial charge in [0.15, 0.2) is 0 Å². The summed E-state index contributed by atoms with van der Waals surface area (Å²) < 4.78 is 0. The van der Waals surface area contributed by atoms with Crippen LogP contribution in [0.25, 0.3) is 0 Å². The van der Waals surface area contributed by atoms with Gasteiger partial charge in [0.05, 0.1) is 10.9 Å². The van der Waals surface area contributed by atoms with E-state index in [9.17, 15) is 0 Å². The van der Waals surface area contributed by atoms with E-state index in [1.165, 1.54) is 32.8 Å². The molecule has 0 amide bonds. The van der Waals surface area contributed by atoms with Gasteiger partial charge in [-0.1, -0.05) is 13.8 Å². The summed E-state index contributed by atoms with van der Waals surface area (Å²) in [7, 11) is 0. The lowest BCUT2D eigenvalue weighted by molar-refractivity contribution is 0.425. The molecule has 21 heavy (non-hydrogen) atoms. The van der Waals surface area contributed by atoms with E-state index in [1.54, 1.807) is 0 Å². The van der Waals surface area contributed by atoms with Gasteiger partial charge in [0.25, 0.3) is 0 Å². The summed E-state index contributed by atoms with van der Waals surface area (Å²) in [6, 6.07) is 0. The third-order valence-corrected chi connectivity index (χ3v) is 7.39. The third kappa shape index (κ3) is 5.77. The van der Waals surface area contributed by atoms with Crippen LogP contribution in [0.1, 0.15) is 55.4 Å². The van der Waals surface area contributed by atoms with Crippen molar-refractivity contribution in [3.05, 3.63) is 15.6 Å². The van der Waals surface area contributed by atoms with Gasteiger partial charge in [-0.3, -0.25) is 0 Å². The molecule has 0 bridgehead atoms. The van der Waals surface area contributed by atoms with E-state index in [-0.39, 0.29) is 5.54 Å². The zero-order valence-corrected chi connectivity index (χ0v) is 16.3. The molecule has 1 unspecified atom stereocenters. The maximum atomic E-state index is 5.02. The zero-order chi connectivity index (χ0) is 15.5. The zero-order valence-electron chi connectivity index (χ0n) is 13.9. The standard InChI is InChI=1S/C16H28N2S3/c1-11(2)8-12-13(9-17-16(3,4)5)21-15(18-12)14-10-19-6-7-20-14/h11,14,17H,6-10H2,1-5H3. The van der Waals surface area contributed by atoms with Crippen molar-refractivity contribution in [1.29, 1.82) is 0 Å². The Bertz CT molecular complexity index is 443. The molecule has 1 aromatic rings. The lowest BCUT2D eigenvalue weighted by atomic mass is 10.1. The Labute approximate surface area is 142 Å². The number of thiazole rings is 1. The maximum Gasteiger partial charge on any atom is 0.107 e. The van der Waals surface area contributed by atoms with Crippen molar-refractivity contribution in [2.24, 2.45) is 5.92 Å². The minimum atomic E-state index is 0.161. The summed E-state index contributed by atoms with van der Waals surface area (Å²) >= 11 is 6.10. The highest BCUT2D eigenvalue weighted by molar-refractivity contribution is 8.06. The van der Waals surface area contributed by atoms with E-state index in [2.05, 4.69) is 63.5 Å². The van der Waals surface area contributed by atoms with E-state index in [1.807, 2.05) is 11.3 Å². The first-order valence-corrected chi connectivity index (χ1v) is 10.8. The fourth-order valence-corrected chi connectivity index (χ4v) is 6.22. The molecule has 0 saturated carbocycles. The van der Waals surface area contributed by atoms with Crippen molar-refractivity contribution < 1.29 is 0 Å². The Kier molecular flexibility index (Phi) is 6.48. The van der Waals surface area contributed by atoms with Gasteiger partial charge in [0, 0.05) is 34.2 Å². The predicted octanol–water partition coefficient (Wildman–Crippen LogP) is 4.75. The number of rotatable bonds is 5. The first-order chi connectivity index (χ1) is 9.85. The van der Waals surface area contributed by atoms with E-state index >= 15 is 0 Å². The molecule has 1 saturated heterocycles. The Hall–Kier alpha value is 0.290. The summed E-state index contributed by atoms with van der Waals surface area (Å²) in [5.41, 5.74) is 1.49. The average Bonchev–Trinajstić information content (AvgIpc) is 2.79. The van der Waals surface area contributed by atoms with E-state index in [0.717, 1.165) is 13.0 Å². The van der Waals surface area contributed by atoms with Crippen LogP contribution in [0.5, 0.6) is 0 Å². The Morgan fingerprint density at radius 2 is 2.05 bits per heavy atom. The van der Waals surface area contributed by atoms with Crippen molar-refractivity contribution in [3.8, 4) is 0 Å². The molecule has 0 radical (unpaired) electrons. The molecule has 1 aliphatic heterocycles. The number of nitrogens with zero attached hydrogens (tertiary/aromatic N) is 1. The van der Waals surface area contributed by atoms with Crippen molar-refractivity contribution >= 4 is 34.9 Å². The van der Waals surface area contributed by atoms with E-state index in [4.69, 9.17) is 4.98 Å². The largest absolute Gasteiger partial charge is 0.307 e. The lowest BCUT2D eigenvalue weighted by Crippen LogP contribution is -2.35. The molecule has 5 heteroatoms. The molecule has 1 aromatic heterocycles. The quantitative estimate of drug-likeness (QED) is 0.833. The highest BCUT2D eigenvalue weighted by Crippen LogP contribution is 2.39. The molecule has 2 rings (SSSR count). The van der Waals surface area contributed by atoms with Crippen LogP contribution in [-0.4, -0.2) is 27.8 Å². The van der Waals surface area contributed by atoms with Crippen molar-refractivity contribution in [3.63, 3.8) is 0 Å². The highest BCUT2D eigenvalue weighted by Gasteiger charge is 2.23. The van der Waals surface area contributed by atoms with Gasteiger partial charge in [0.1, 0.15) is 5.01 Å². The highest BCUT2D eigenvalue weighted by atomic mass is 32.2. The van der Waals surface area contributed by atoms with Gasteiger partial charge in [-0.15, -0.1) is 23.1 Å². The van der Waals surface area contributed by atoms with Crippen LogP contribution in [0.3, 0.4) is 0 Å². The molecule has 120 valence electrons. The molecule has 1 atom stereocenters. The number of hydrogen-bond donors (Lipinski definition) is 1. The van der Waals surface area contributed by atoms with Crippen molar-refractivity contribution in [2.45, 2.75) is 58.4 Å². The lowest BCUT2D eigenvalue weighted by Gasteiger charge is -2.20. The van der Waals surface area contributed by atoms with Crippen LogP contribution in [0, 0.1) is 5.92 Å². The number of hydrogen-bond acceptors (Lipinski definition) is 5. The number of aromatic nitrogens is 1. The second-order valence-electron chi connectivity index (χ2n) is 7.06. The SMILES string of the molecule is CC(C)Cc1nc(C2CSCCS2)sc1CNC(C)(C)C. The summed E-state index contributed by atoms with van der Waals surface area (Å²) in [6.07, 6.45) is 1.10. The molecule has 2 nitrogen and oxygen atoms in total. The molecular formula is C16H28N2S3. The third-order valence-electron chi connectivity index (χ3n) is 3.27. The first kappa shape index (κ1) is 17.6. The van der Waals surface area contributed by atoms with E-state index < -0.39 is 0 Å². The van der Waals surface area contributed by atoms with Crippen LogP contribution in [0.2, 0.25) is 0 Å². The Morgan fingerprint density at radius 1 is 1.29 bits per heavy atom. The predicted molar refractivity (Wildman–Crippen MR) is 99.8 cm³/mol. The Balaban J connectivity index is 2.13. The van der Waals surface area contributed by atoms with Gasteiger partial charge in [-0.2, -0.15) is 11.8 Å². The molecule has 1 N–H and O–H groups in total.